The molecule has 13 heteroatoms. The van der Waals surface area contributed by atoms with E-state index in [-0.39, 0.29) is 40.6 Å². The van der Waals surface area contributed by atoms with E-state index in [0.717, 1.165) is 23.9 Å². The number of hydrogen-bond acceptors (Lipinski definition) is 8. The molecule has 1 aromatic carbocycles. The van der Waals surface area contributed by atoms with Crippen molar-refractivity contribution in [3.05, 3.63) is 90.2 Å². The monoisotopic (exact) mass is 515 g/mol. The van der Waals surface area contributed by atoms with Crippen molar-refractivity contribution < 1.29 is 31.2 Å². The van der Waals surface area contributed by atoms with E-state index >= 15 is 0 Å². The molecule has 5 rings (SSSR count). The van der Waals surface area contributed by atoms with Crippen LogP contribution >= 0.6 is 11.8 Å². The van der Waals surface area contributed by atoms with E-state index < -0.39 is 17.6 Å². The number of oxazole rings is 1. The van der Waals surface area contributed by atoms with Crippen molar-refractivity contribution in [3.63, 3.8) is 0 Å². The zero-order valence-electron chi connectivity index (χ0n) is 18.2. The van der Waals surface area contributed by atoms with Gasteiger partial charge in [0, 0.05) is 0 Å². The Balaban J connectivity index is 1.36. The highest BCUT2D eigenvalue weighted by Gasteiger charge is 2.31. The quantitative estimate of drug-likeness (QED) is 0.275. The Bertz CT molecular complexity index is 1460. The molecule has 4 aromatic heterocycles. The van der Waals surface area contributed by atoms with Crippen LogP contribution in [0.2, 0.25) is 0 Å². The van der Waals surface area contributed by atoms with Crippen molar-refractivity contribution >= 4 is 17.7 Å². The fourth-order valence-electron chi connectivity index (χ4n) is 3.26. The molecule has 0 aliphatic heterocycles. The number of nitrogens with one attached hydrogen (secondary N) is 1. The molecule has 0 saturated heterocycles. The Morgan fingerprint density at radius 2 is 1.86 bits per heavy atom. The molecular formula is C23H16F3N5O4S. The van der Waals surface area contributed by atoms with Crippen molar-refractivity contribution in [2.75, 3.05) is 0 Å². The maximum Gasteiger partial charge on any atom is 0.416 e. The van der Waals surface area contributed by atoms with Gasteiger partial charge in [0.1, 0.15) is 12.0 Å². The fourth-order valence-corrected chi connectivity index (χ4v) is 4.07. The van der Waals surface area contributed by atoms with Gasteiger partial charge in [0.25, 0.3) is 5.91 Å². The van der Waals surface area contributed by atoms with E-state index in [1.807, 2.05) is 0 Å². The molecule has 0 unspecified atom stereocenters. The van der Waals surface area contributed by atoms with E-state index in [4.69, 9.17) is 13.3 Å². The average molecular weight is 515 g/mol. The highest BCUT2D eigenvalue weighted by Crippen LogP contribution is 2.34. The van der Waals surface area contributed by atoms with Gasteiger partial charge >= 0.3 is 6.18 Å². The SMILES string of the molecule is O=C(NCc1ccco1)c1coc(CSc2nnc(-c3ccco3)n2-c2cccc(C(F)(F)F)c2)n1. The molecule has 5 aromatic rings. The van der Waals surface area contributed by atoms with E-state index in [1.54, 1.807) is 24.3 Å². The van der Waals surface area contributed by atoms with Gasteiger partial charge < -0.3 is 18.6 Å². The van der Waals surface area contributed by atoms with E-state index in [2.05, 4.69) is 20.5 Å². The third-order valence-electron chi connectivity index (χ3n) is 4.92. The zero-order valence-corrected chi connectivity index (χ0v) is 19.0. The lowest BCUT2D eigenvalue weighted by Gasteiger charge is -2.12. The normalized spacial score (nSPS) is 11.6. The summed E-state index contributed by atoms with van der Waals surface area (Å²) in [5, 5.41) is 11.2. The molecule has 1 amide bonds. The summed E-state index contributed by atoms with van der Waals surface area (Å²) in [6.07, 6.45) is -0.367. The first-order valence-corrected chi connectivity index (χ1v) is 11.4. The Morgan fingerprint density at radius 3 is 2.61 bits per heavy atom. The first-order valence-electron chi connectivity index (χ1n) is 10.4. The Hall–Kier alpha value is -4.26. The number of hydrogen-bond donors (Lipinski definition) is 1. The summed E-state index contributed by atoms with van der Waals surface area (Å²) in [5.74, 6) is 1.07. The highest BCUT2D eigenvalue weighted by molar-refractivity contribution is 7.98. The second-order valence-corrected chi connectivity index (χ2v) is 8.29. The molecular weight excluding hydrogens is 499 g/mol. The molecule has 0 aliphatic carbocycles. The molecule has 184 valence electrons. The van der Waals surface area contributed by atoms with E-state index in [9.17, 15) is 18.0 Å². The standard InChI is InChI=1S/C23H16F3N5O4S/c24-23(25,26)14-4-1-5-15(10-14)31-20(18-7-3-9-34-18)29-30-22(31)36-13-19-28-17(12-35-19)21(32)27-11-16-6-2-8-33-16/h1-10,12H,11,13H2,(H,27,32). The summed E-state index contributed by atoms with van der Waals surface area (Å²) in [6, 6.07) is 11.5. The van der Waals surface area contributed by atoms with Crippen LogP contribution in [0.5, 0.6) is 0 Å². The number of halogens is 3. The van der Waals surface area contributed by atoms with Crippen molar-refractivity contribution in [1.29, 1.82) is 0 Å². The molecule has 36 heavy (non-hydrogen) atoms. The number of carbonyl (C=O) groups excluding carboxylic acids is 1. The smallest absolute Gasteiger partial charge is 0.416 e. The van der Waals surface area contributed by atoms with Gasteiger partial charge in [-0.1, -0.05) is 17.8 Å². The number of furan rings is 2. The van der Waals surface area contributed by atoms with Gasteiger partial charge in [0.2, 0.25) is 11.7 Å². The zero-order chi connectivity index (χ0) is 25.1. The summed E-state index contributed by atoms with van der Waals surface area (Å²) in [6.45, 7) is 0.193. The number of rotatable bonds is 8. The fraction of sp³-hybridized carbons (Fsp3) is 0.130. The third kappa shape index (κ3) is 5.05. The lowest BCUT2D eigenvalue weighted by Crippen LogP contribution is -2.22. The van der Waals surface area contributed by atoms with Crippen molar-refractivity contribution in [2.45, 2.75) is 23.6 Å². The summed E-state index contributed by atoms with van der Waals surface area (Å²) in [7, 11) is 0. The largest absolute Gasteiger partial charge is 0.467 e. The van der Waals surface area contributed by atoms with Gasteiger partial charge in [-0.25, -0.2) is 4.98 Å². The number of thioether (sulfide) groups is 1. The molecule has 9 nitrogen and oxygen atoms in total. The van der Waals surface area contributed by atoms with Crippen LogP contribution in [-0.2, 0) is 18.5 Å². The van der Waals surface area contributed by atoms with Gasteiger partial charge in [-0.15, -0.1) is 10.2 Å². The Kier molecular flexibility index (Phi) is 6.38. The molecule has 0 radical (unpaired) electrons. The van der Waals surface area contributed by atoms with Crippen LogP contribution in [-0.4, -0.2) is 25.7 Å². The highest BCUT2D eigenvalue weighted by atomic mass is 32.2. The molecule has 0 aliphatic rings. The lowest BCUT2D eigenvalue weighted by molar-refractivity contribution is -0.137. The summed E-state index contributed by atoms with van der Waals surface area (Å²) < 4.78 is 57.4. The van der Waals surface area contributed by atoms with Gasteiger partial charge in [0.15, 0.2) is 16.6 Å². The molecule has 0 fully saturated rings. The molecule has 4 heterocycles. The van der Waals surface area contributed by atoms with Crippen LogP contribution in [0.1, 0.15) is 27.7 Å². The minimum Gasteiger partial charge on any atom is -0.467 e. The van der Waals surface area contributed by atoms with Gasteiger partial charge in [-0.3, -0.25) is 9.36 Å². The number of carbonyl (C=O) groups is 1. The maximum absolute atomic E-state index is 13.3. The second kappa shape index (κ2) is 9.77. The first kappa shape index (κ1) is 23.5. The molecule has 1 N–H and O–H groups in total. The predicted octanol–water partition coefficient (Wildman–Crippen LogP) is 5.35. The summed E-state index contributed by atoms with van der Waals surface area (Å²) >= 11 is 1.13. The Morgan fingerprint density at radius 1 is 1.03 bits per heavy atom. The topological polar surface area (TPSA) is 112 Å². The first-order chi connectivity index (χ1) is 17.4. The van der Waals surface area contributed by atoms with Crippen LogP contribution in [0.3, 0.4) is 0 Å². The van der Waals surface area contributed by atoms with Crippen LogP contribution in [0.15, 0.2) is 85.7 Å². The van der Waals surface area contributed by atoms with Gasteiger partial charge in [-0.05, 0) is 42.5 Å². The van der Waals surface area contributed by atoms with Crippen LogP contribution in [0, 0.1) is 0 Å². The molecule has 0 spiro atoms. The van der Waals surface area contributed by atoms with Crippen molar-refractivity contribution in [3.8, 4) is 17.3 Å². The lowest BCUT2D eigenvalue weighted by atomic mass is 10.2. The number of alkyl halides is 3. The molecule has 0 bridgehead atoms. The summed E-state index contributed by atoms with van der Waals surface area (Å²) in [4.78, 5) is 16.5. The van der Waals surface area contributed by atoms with Crippen molar-refractivity contribution in [1.82, 2.24) is 25.1 Å². The Labute approximate surface area is 205 Å². The second-order valence-electron chi connectivity index (χ2n) is 7.34. The summed E-state index contributed by atoms with van der Waals surface area (Å²) in [5.41, 5.74) is -0.533. The third-order valence-corrected chi connectivity index (χ3v) is 5.83. The number of amides is 1. The van der Waals surface area contributed by atoms with Crippen LogP contribution < -0.4 is 5.32 Å². The van der Waals surface area contributed by atoms with Gasteiger partial charge in [0.05, 0.1) is 36.1 Å². The number of benzene rings is 1. The maximum atomic E-state index is 13.3. The van der Waals surface area contributed by atoms with Crippen LogP contribution in [0.4, 0.5) is 13.2 Å². The minimum atomic E-state index is -4.52. The molecule has 0 atom stereocenters. The van der Waals surface area contributed by atoms with E-state index in [1.165, 1.54) is 35.5 Å². The number of aromatic nitrogens is 4. The van der Waals surface area contributed by atoms with Crippen LogP contribution in [0.25, 0.3) is 17.3 Å². The average Bonchev–Trinajstić information content (AvgIpc) is 3.68. The van der Waals surface area contributed by atoms with E-state index in [0.29, 0.717) is 11.5 Å². The number of nitrogens with zero attached hydrogens (tertiary/aromatic N) is 4. The molecule has 0 saturated carbocycles. The van der Waals surface area contributed by atoms with Gasteiger partial charge in [-0.2, -0.15) is 13.2 Å². The minimum absolute atomic E-state index is 0.0766. The predicted molar refractivity (Wildman–Crippen MR) is 120 cm³/mol. The van der Waals surface area contributed by atoms with Crippen molar-refractivity contribution in [2.24, 2.45) is 0 Å².